The van der Waals surface area contributed by atoms with Gasteiger partial charge in [-0.15, -0.1) is 0 Å². The molecule has 2 fully saturated rings. The zero-order valence-electron chi connectivity index (χ0n) is 36.3. The highest BCUT2D eigenvalue weighted by molar-refractivity contribution is 5.96. The van der Waals surface area contributed by atoms with Crippen molar-refractivity contribution in [3.8, 4) is 34.5 Å². The average molecular weight is 871 g/mol. The minimum absolute atomic E-state index is 0.0529. The van der Waals surface area contributed by atoms with E-state index in [0.29, 0.717) is 37.9 Å². The molecule has 2 aliphatic rings. The van der Waals surface area contributed by atoms with Crippen molar-refractivity contribution >= 4 is 23.9 Å². The molecule has 0 N–H and O–H groups in total. The Labute approximate surface area is 373 Å². The average Bonchev–Trinajstić information content (AvgIpc) is 4.27. The first-order chi connectivity index (χ1) is 31.2. The van der Waals surface area contributed by atoms with Crippen LogP contribution in [-0.4, -0.2) is 62.5 Å². The molecule has 12 heteroatoms. The monoisotopic (exact) mass is 870 g/mol. The molecule has 2 saturated heterocycles. The van der Waals surface area contributed by atoms with Crippen molar-refractivity contribution in [1.82, 2.24) is 0 Å². The van der Waals surface area contributed by atoms with Gasteiger partial charge < -0.3 is 37.9 Å². The second-order valence-electron chi connectivity index (χ2n) is 15.9. The summed E-state index contributed by atoms with van der Waals surface area (Å²) in [6.45, 7) is 6.38. The Morgan fingerprint density at radius 3 is 1.02 bits per heavy atom. The summed E-state index contributed by atoms with van der Waals surface area (Å²) in [5, 5.41) is 0. The summed E-state index contributed by atoms with van der Waals surface area (Å²) in [7, 11) is 0. The molecular weight excluding hydrogens is 817 g/mol. The first kappa shape index (κ1) is 45.5. The summed E-state index contributed by atoms with van der Waals surface area (Å²) in [4.78, 5) is 54.9. The third-order valence-corrected chi connectivity index (χ3v) is 10.7. The number of hydrogen-bond acceptors (Lipinski definition) is 12. The van der Waals surface area contributed by atoms with Crippen LogP contribution in [0.1, 0.15) is 118 Å². The lowest BCUT2D eigenvalue weighted by Gasteiger charge is -2.16. The van der Waals surface area contributed by atoms with Crippen molar-refractivity contribution in [3.63, 3.8) is 0 Å². The van der Waals surface area contributed by atoms with Gasteiger partial charge in [-0.25, -0.2) is 19.2 Å². The molecule has 0 amide bonds. The fourth-order valence-corrected chi connectivity index (χ4v) is 6.69. The van der Waals surface area contributed by atoms with E-state index in [-0.39, 0.29) is 57.5 Å². The quantitative estimate of drug-likeness (QED) is 0.0251. The van der Waals surface area contributed by atoms with E-state index in [2.05, 4.69) is 13.8 Å². The molecule has 12 nitrogen and oxygen atoms in total. The number of hydrogen-bond donors (Lipinski definition) is 0. The molecule has 64 heavy (non-hydrogen) atoms. The van der Waals surface area contributed by atoms with E-state index < -0.39 is 23.9 Å². The molecule has 0 saturated carbocycles. The highest BCUT2D eigenvalue weighted by Gasteiger charge is 2.27. The number of carbonyl (C=O) groups excluding carboxylic acids is 4. The smallest absolute Gasteiger partial charge is 0.343 e. The number of benzene rings is 5. The van der Waals surface area contributed by atoms with Crippen LogP contribution >= 0.6 is 0 Å². The highest BCUT2D eigenvalue weighted by atomic mass is 16.6. The lowest BCUT2D eigenvalue weighted by Crippen LogP contribution is -2.16. The van der Waals surface area contributed by atoms with Crippen LogP contribution in [-0.2, 0) is 22.3 Å². The van der Waals surface area contributed by atoms with E-state index in [1.165, 1.54) is 36.4 Å². The van der Waals surface area contributed by atoms with Crippen molar-refractivity contribution in [1.29, 1.82) is 0 Å². The topological polar surface area (TPSA) is 149 Å². The van der Waals surface area contributed by atoms with Crippen molar-refractivity contribution in [2.45, 2.75) is 90.3 Å². The second-order valence-corrected chi connectivity index (χ2v) is 15.9. The number of rotatable bonds is 24. The normalized spacial score (nSPS) is 14.8. The molecule has 2 heterocycles. The van der Waals surface area contributed by atoms with E-state index in [4.69, 9.17) is 37.9 Å². The van der Waals surface area contributed by atoms with E-state index in [0.717, 1.165) is 75.3 Å². The molecule has 0 aromatic heterocycles. The maximum atomic E-state index is 13.7. The molecule has 0 bridgehead atoms. The lowest BCUT2D eigenvalue weighted by molar-refractivity contribution is 0.0662. The molecule has 2 aliphatic heterocycles. The molecule has 2 unspecified atom stereocenters. The van der Waals surface area contributed by atoms with Crippen molar-refractivity contribution in [2.24, 2.45) is 0 Å². The van der Waals surface area contributed by atoms with E-state index in [1.54, 1.807) is 48.5 Å². The van der Waals surface area contributed by atoms with Crippen molar-refractivity contribution < 1.29 is 57.1 Å². The molecule has 0 radical (unpaired) electrons. The molecule has 2 atom stereocenters. The number of epoxide rings is 2. The Morgan fingerprint density at radius 2 is 0.734 bits per heavy atom. The molecule has 7 rings (SSSR count). The van der Waals surface area contributed by atoms with Gasteiger partial charge in [0, 0.05) is 12.1 Å². The third-order valence-electron chi connectivity index (χ3n) is 10.7. The Bertz CT molecular complexity index is 2160. The summed E-state index contributed by atoms with van der Waals surface area (Å²) in [6, 6.07) is 29.2. The van der Waals surface area contributed by atoms with Crippen molar-refractivity contribution in [3.05, 3.63) is 143 Å². The number of unbranched alkanes of at least 4 members (excludes halogenated alkanes) is 6. The fraction of sp³-hybridized carbons (Fsp3) is 0.346. The van der Waals surface area contributed by atoms with E-state index in [1.807, 2.05) is 24.3 Å². The highest BCUT2D eigenvalue weighted by Crippen LogP contribution is 2.42. The van der Waals surface area contributed by atoms with Gasteiger partial charge in [-0.3, -0.25) is 0 Å². The van der Waals surface area contributed by atoms with Crippen LogP contribution < -0.4 is 28.4 Å². The number of carbonyl (C=O) groups is 4. The Balaban J connectivity index is 1.17. The van der Waals surface area contributed by atoms with Crippen molar-refractivity contribution in [2.75, 3.05) is 26.4 Å². The Morgan fingerprint density at radius 1 is 0.438 bits per heavy atom. The third kappa shape index (κ3) is 13.7. The largest absolute Gasteiger partial charge is 0.491 e. The second kappa shape index (κ2) is 22.7. The number of ether oxygens (including phenoxy) is 8. The van der Waals surface area contributed by atoms with Gasteiger partial charge in [0.2, 0.25) is 0 Å². The minimum Gasteiger partial charge on any atom is -0.491 e. The van der Waals surface area contributed by atoms with Gasteiger partial charge in [0.05, 0.1) is 35.5 Å². The Kier molecular flexibility index (Phi) is 16.2. The number of aryl methyl sites for hydroxylation is 2. The maximum Gasteiger partial charge on any atom is 0.343 e. The van der Waals surface area contributed by atoms with Gasteiger partial charge >= 0.3 is 23.9 Å². The molecule has 5 aromatic rings. The van der Waals surface area contributed by atoms with Gasteiger partial charge in [0.1, 0.15) is 36.9 Å². The standard InChI is InChI=1S/C52H54O12/c1-3-5-7-9-11-35-13-17-37(18-14-35)49(53)61-45-29-48(64-52(56)40-23-27-42(28-24-40)58-32-44-34-60-44)46(62-50(54)38-19-15-36(16-20-38)12-10-8-6-4-2)30-47(45)63-51(55)39-21-25-41(26-22-39)57-31-43-33-59-43/h13-30,43-44H,3-12,31-34H2,1-2H3. The first-order valence-corrected chi connectivity index (χ1v) is 22.2. The zero-order chi connectivity index (χ0) is 44.7. The lowest BCUT2D eigenvalue weighted by atomic mass is 10.0. The van der Waals surface area contributed by atoms with Gasteiger partial charge in [0.25, 0.3) is 0 Å². The maximum absolute atomic E-state index is 13.7. The summed E-state index contributed by atoms with van der Waals surface area (Å²) in [6.07, 6.45) is 10.8. The fourth-order valence-electron chi connectivity index (χ4n) is 6.69. The minimum atomic E-state index is -0.811. The van der Waals surface area contributed by atoms with E-state index >= 15 is 0 Å². The summed E-state index contributed by atoms with van der Waals surface area (Å²) in [5.41, 5.74) is 2.95. The Hall–Kier alpha value is -6.50. The van der Waals surface area contributed by atoms with Crippen LogP contribution in [0.5, 0.6) is 34.5 Å². The molecule has 5 aromatic carbocycles. The summed E-state index contributed by atoms with van der Waals surface area (Å²) in [5.74, 6) is -3.17. The summed E-state index contributed by atoms with van der Waals surface area (Å²) < 4.78 is 45.4. The predicted octanol–water partition coefficient (Wildman–Crippen LogP) is 10.4. The number of esters is 4. The van der Waals surface area contributed by atoms with Crippen LogP contribution in [0.2, 0.25) is 0 Å². The molecule has 334 valence electrons. The van der Waals surface area contributed by atoms with Crippen LogP contribution in [0, 0.1) is 0 Å². The SMILES string of the molecule is CCCCCCc1ccc(C(=O)Oc2cc(OC(=O)c3ccc(OCC4CO4)cc3)c(OC(=O)c3ccc(CCCCCC)cc3)cc2OC(=O)c2ccc(OCC3CO3)cc2)cc1. The van der Waals surface area contributed by atoms with Crippen LogP contribution in [0.15, 0.2) is 109 Å². The first-order valence-electron chi connectivity index (χ1n) is 22.2. The van der Waals surface area contributed by atoms with Crippen LogP contribution in [0.4, 0.5) is 0 Å². The van der Waals surface area contributed by atoms with Gasteiger partial charge in [-0.1, -0.05) is 76.6 Å². The molecular formula is C52H54O12. The van der Waals surface area contributed by atoms with Gasteiger partial charge in [-0.2, -0.15) is 0 Å². The zero-order valence-corrected chi connectivity index (χ0v) is 36.3. The van der Waals surface area contributed by atoms with Crippen LogP contribution in [0.3, 0.4) is 0 Å². The predicted molar refractivity (Wildman–Crippen MR) is 238 cm³/mol. The van der Waals surface area contributed by atoms with E-state index in [9.17, 15) is 19.2 Å². The van der Waals surface area contributed by atoms with Gasteiger partial charge in [0.15, 0.2) is 23.0 Å². The van der Waals surface area contributed by atoms with Gasteiger partial charge in [-0.05, 0) is 110 Å². The summed E-state index contributed by atoms with van der Waals surface area (Å²) >= 11 is 0. The molecule has 0 aliphatic carbocycles. The molecule has 0 spiro atoms. The van der Waals surface area contributed by atoms with Crippen LogP contribution in [0.25, 0.3) is 0 Å².